The van der Waals surface area contributed by atoms with Crippen LogP contribution in [0.25, 0.3) is 91.0 Å². The van der Waals surface area contributed by atoms with Gasteiger partial charge in [0.05, 0.1) is 0 Å². The van der Waals surface area contributed by atoms with Gasteiger partial charge < -0.3 is 0 Å². The molecule has 9 rings (SSSR count). The topological polar surface area (TPSA) is 38.7 Å². The van der Waals surface area contributed by atoms with E-state index in [4.69, 9.17) is 21.5 Å². The van der Waals surface area contributed by atoms with Crippen molar-refractivity contribution in [3.05, 3.63) is 185 Å². The zero-order valence-corrected chi connectivity index (χ0v) is 30.7. The van der Waals surface area contributed by atoms with Crippen molar-refractivity contribution in [2.45, 2.75) is 26.2 Å². The Kier molecular flexibility index (Phi) is 8.20. The molecule has 0 N–H and O–H groups in total. The molecule has 1 aromatic heterocycles. The highest BCUT2D eigenvalue weighted by molar-refractivity contribution is 6.04. The molecule has 0 saturated heterocycles. The molecule has 0 spiro atoms. The van der Waals surface area contributed by atoms with E-state index in [9.17, 15) is 0 Å². The van der Waals surface area contributed by atoms with Crippen molar-refractivity contribution in [2.75, 3.05) is 0 Å². The molecule has 0 unspecified atom stereocenters. The molecule has 0 radical (unpaired) electrons. The molecule has 0 saturated carbocycles. The molecule has 8 aromatic rings. The molecule has 3 heteroatoms. The largest absolute Gasteiger partial charge is 0.208 e. The molecule has 0 atom stereocenters. The van der Waals surface area contributed by atoms with Crippen LogP contribution in [-0.2, 0) is 5.41 Å². The summed E-state index contributed by atoms with van der Waals surface area (Å²) in [5.74, 6) is 1.83. The maximum absolute atomic E-state index is 5.21. The number of benzene rings is 7. The fourth-order valence-electron chi connectivity index (χ4n) is 8.08. The van der Waals surface area contributed by atoms with Gasteiger partial charge in [0.2, 0.25) is 0 Å². The van der Waals surface area contributed by atoms with Crippen molar-refractivity contribution < 1.29 is 0 Å². The fraction of sp³-hybridized carbons (Fsp3) is 0.0784. The lowest BCUT2D eigenvalue weighted by Gasteiger charge is -2.22. The first kappa shape index (κ1) is 33.1. The number of hydrogen-bond donors (Lipinski definition) is 0. The molecule has 1 aliphatic rings. The summed E-state index contributed by atoms with van der Waals surface area (Å²) in [6, 6.07) is 53.5. The van der Waals surface area contributed by atoms with Crippen LogP contribution in [0.15, 0.2) is 164 Å². The van der Waals surface area contributed by atoms with Crippen LogP contribution in [0.5, 0.6) is 0 Å². The number of nitrogens with zero attached hydrogens (tertiary/aromatic N) is 3. The van der Waals surface area contributed by atoms with Gasteiger partial charge in [0.1, 0.15) is 0 Å². The highest BCUT2D eigenvalue weighted by atomic mass is 15.0. The molecular weight excluding hydrogens is 655 g/mol. The minimum absolute atomic E-state index is 0.0618. The van der Waals surface area contributed by atoms with E-state index in [0.29, 0.717) is 17.5 Å². The summed E-state index contributed by atoms with van der Waals surface area (Å²) in [7, 11) is 0. The summed E-state index contributed by atoms with van der Waals surface area (Å²) >= 11 is 0. The van der Waals surface area contributed by atoms with Gasteiger partial charge in [0.15, 0.2) is 17.5 Å². The molecule has 54 heavy (non-hydrogen) atoms. The van der Waals surface area contributed by atoms with Gasteiger partial charge in [-0.25, -0.2) is 15.0 Å². The van der Waals surface area contributed by atoms with Gasteiger partial charge in [-0.05, 0) is 73.1 Å². The molecule has 0 aliphatic heterocycles. The van der Waals surface area contributed by atoms with E-state index in [0.717, 1.165) is 49.0 Å². The van der Waals surface area contributed by atoms with Crippen LogP contribution in [0.1, 0.15) is 31.9 Å². The standard InChI is InChI=1S/C51H39N3/c1-5-6-21-39-33(2)46(50-53-48(36-17-9-7-10-18-36)52-49(54-50)37-19-11-8-12-20-37)47(43-24-14-13-22-40(39)43)35-28-26-34(27-29-35)38-30-31-42-41-23-15-16-25-44(41)51(3,4)45(42)32-38/h5-32H,2H2,1,3-4H3/b6-5-,39-21+. The number of aromatic nitrogens is 3. The number of rotatable bonds is 6. The zero-order valence-electron chi connectivity index (χ0n) is 30.7. The van der Waals surface area contributed by atoms with Crippen LogP contribution in [0.2, 0.25) is 0 Å². The van der Waals surface area contributed by atoms with Gasteiger partial charge in [-0.2, -0.15) is 0 Å². The van der Waals surface area contributed by atoms with Crippen LogP contribution in [-0.4, -0.2) is 15.0 Å². The molecule has 0 bridgehead atoms. The monoisotopic (exact) mass is 693 g/mol. The Bertz CT molecular complexity index is 2790. The van der Waals surface area contributed by atoms with Gasteiger partial charge in [-0.3, -0.25) is 0 Å². The smallest absolute Gasteiger partial charge is 0.165 e. The summed E-state index contributed by atoms with van der Waals surface area (Å²) in [4.78, 5) is 15.4. The third-order valence-electron chi connectivity index (χ3n) is 10.8. The average molecular weight is 694 g/mol. The number of allylic oxidation sites excluding steroid dienone is 2. The molecule has 7 aromatic carbocycles. The van der Waals surface area contributed by atoms with Crippen molar-refractivity contribution >= 4 is 23.4 Å². The first-order chi connectivity index (χ1) is 26.4. The highest BCUT2D eigenvalue weighted by Crippen LogP contribution is 2.49. The molecule has 258 valence electrons. The minimum Gasteiger partial charge on any atom is -0.208 e. The summed E-state index contributed by atoms with van der Waals surface area (Å²) in [5, 5.41) is 4.16. The van der Waals surface area contributed by atoms with E-state index < -0.39 is 0 Å². The van der Waals surface area contributed by atoms with Crippen molar-refractivity contribution in [1.29, 1.82) is 0 Å². The van der Waals surface area contributed by atoms with Crippen LogP contribution >= 0.6 is 0 Å². The second-order valence-electron chi connectivity index (χ2n) is 14.4. The SMILES string of the molecule is C=c1c(-c2nc(-c3ccccc3)nc(-c3ccccc3)n2)c(-c2ccc(-c3ccc4c(c3)C(C)(C)c3ccccc3-4)cc2)c2ccccc2/c1=C/C=C\C. The van der Waals surface area contributed by atoms with Crippen LogP contribution in [0.3, 0.4) is 0 Å². The second-order valence-corrected chi connectivity index (χ2v) is 14.4. The summed E-state index contributed by atoms with van der Waals surface area (Å²) in [6.45, 7) is 11.4. The molecule has 1 heterocycles. The normalized spacial score (nSPS) is 13.4. The predicted octanol–water partition coefficient (Wildman–Crippen LogP) is 11.4. The average Bonchev–Trinajstić information content (AvgIpc) is 3.46. The molecule has 0 fully saturated rings. The van der Waals surface area contributed by atoms with Crippen molar-refractivity contribution in [1.82, 2.24) is 15.0 Å². The van der Waals surface area contributed by atoms with E-state index in [-0.39, 0.29) is 5.41 Å². The molecular formula is C51H39N3. The van der Waals surface area contributed by atoms with E-state index in [1.807, 2.05) is 73.7 Å². The Morgan fingerprint density at radius 1 is 0.481 bits per heavy atom. The summed E-state index contributed by atoms with van der Waals surface area (Å²) < 4.78 is 0. The maximum Gasteiger partial charge on any atom is 0.165 e. The van der Waals surface area contributed by atoms with Gasteiger partial charge >= 0.3 is 0 Å². The first-order valence-electron chi connectivity index (χ1n) is 18.5. The van der Waals surface area contributed by atoms with Gasteiger partial charge in [0, 0.05) is 27.7 Å². The second kappa shape index (κ2) is 13.4. The van der Waals surface area contributed by atoms with E-state index >= 15 is 0 Å². The van der Waals surface area contributed by atoms with Crippen molar-refractivity contribution in [2.24, 2.45) is 0 Å². The number of hydrogen-bond acceptors (Lipinski definition) is 3. The number of fused-ring (bicyclic) bond motifs is 4. The quantitative estimate of drug-likeness (QED) is 0.174. The van der Waals surface area contributed by atoms with E-state index in [1.165, 1.54) is 33.4 Å². The lowest BCUT2D eigenvalue weighted by Crippen LogP contribution is -2.28. The summed E-state index contributed by atoms with van der Waals surface area (Å²) in [6.07, 6.45) is 6.26. The molecule has 3 nitrogen and oxygen atoms in total. The maximum atomic E-state index is 5.21. The molecule has 1 aliphatic carbocycles. The highest BCUT2D eigenvalue weighted by Gasteiger charge is 2.35. The van der Waals surface area contributed by atoms with Crippen LogP contribution in [0, 0.1) is 0 Å². The van der Waals surface area contributed by atoms with Crippen molar-refractivity contribution in [3.63, 3.8) is 0 Å². The predicted molar refractivity (Wildman–Crippen MR) is 226 cm³/mol. The van der Waals surface area contributed by atoms with Crippen LogP contribution in [0.4, 0.5) is 0 Å². The summed E-state index contributed by atoms with van der Waals surface area (Å²) in [5.41, 5.74) is 12.6. The Balaban J connectivity index is 1.26. The Morgan fingerprint density at radius 2 is 1.02 bits per heavy atom. The van der Waals surface area contributed by atoms with E-state index in [1.54, 1.807) is 0 Å². The lowest BCUT2D eigenvalue weighted by atomic mass is 9.81. The first-order valence-corrected chi connectivity index (χ1v) is 18.5. The third-order valence-corrected chi connectivity index (χ3v) is 10.8. The molecule has 0 amide bonds. The third kappa shape index (κ3) is 5.57. The van der Waals surface area contributed by atoms with E-state index in [2.05, 4.69) is 117 Å². The van der Waals surface area contributed by atoms with Crippen molar-refractivity contribution in [3.8, 4) is 67.5 Å². The Labute approximate surface area is 316 Å². The Hall–Kier alpha value is -6.71. The minimum atomic E-state index is -0.0618. The Morgan fingerprint density at radius 3 is 1.69 bits per heavy atom. The zero-order chi connectivity index (χ0) is 36.8. The van der Waals surface area contributed by atoms with Gasteiger partial charge in [-0.1, -0.05) is 184 Å². The fourth-order valence-corrected chi connectivity index (χ4v) is 8.08. The van der Waals surface area contributed by atoms with Gasteiger partial charge in [-0.15, -0.1) is 0 Å². The lowest BCUT2D eigenvalue weighted by molar-refractivity contribution is 0.660. The van der Waals surface area contributed by atoms with Gasteiger partial charge in [0.25, 0.3) is 0 Å². The van der Waals surface area contributed by atoms with Crippen LogP contribution < -0.4 is 10.4 Å².